The van der Waals surface area contributed by atoms with E-state index in [0.29, 0.717) is 13.1 Å². The van der Waals surface area contributed by atoms with E-state index in [4.69, 9.17) is 4.42 Å². The highest BCUT2D eigenvalue weighted by molar-refractivity contribution is 14.1. The van der Waals surface area contributed by atoms with E-state index in [1.54, 1.807) is 12.5 Å². The summed E-state index contributed by atoms with van der Waals surface area (Å²) in [7, 11) is 1.93. The van der Waals surface area contributed by atoms with E-state index in [1.165, 1.54) is 0 Å². The van der Waals surface area contributed by atoms with Gasteiger partial charge >= 0.3 is 0 Å². The van der Waals surface area contributed by atoms with Gasteiger partial charge in [0.1, 0.15) is 0 Å². The van der Waals surface area contributed by atoms with Crippen molar-refractivity contribution in [3.8, 4) is 0 Å². The van der Waals surface area contributed by atoms with Crippen molar-refractivity contribution in [1.82, 2.24) is 4.90 Å². The van der Waals surface area contributed by atoms with E-state index in [0.717, 1.165) is 14.7 Å². The molecule has 0 atom stereocenters. The fourth-order valence-electron chi connectivity index (χ4n) is 1.72. The maximum atomic E-state index is 12.0. The highest BCUT2D eigenvalue weighted by atomic mass is 127. The average Bonchev–Trinajstić information content (AvgIpc) is 2.82. The summed E-state index contributed by atoms with van der Waals surface area (Å²) in [6.45, 7) is 1.12. The fraction of sp³-hybridized carbons (Fsp3) is 0.214. The van der Waals surface area contributed by atoms with Crippen molar-refractivity contribution in [2.24, 2.45) is 0 Å². The van der Waals surface area contributed by atoms with Gasteiger partial charge in [0.2, 0.25) is 0 Å². The number of likely N-dealkylation sites (N-methyl/N-ethyl adjacent to an activating group) is 1. The molecule has 0 aliphatic heterocycles. The molecule has 0 unspecified atom stereocenters. The Morgan fingerprint density at radius 3 is 2.61 bits per heavy atom. The number of hydrogen-bond acceptors (Lipinski definition) is 3. The topological polar surface area (TPSA) is 33.5 Å². The van der Waals surface area contributed by atoms with Crippen molar-refractivity contribution >= 4 is 28.4 Å². The van der Waals surface area contributed by atoms with Crippen LogP contribution in [0.1, 0.15) is 15.9 Å². The maximum absolute atomic E-state index is 12.0. The Bertz CT molecular complexity index is 505. The first-order valence-electron chi connectivity index (χ1n) is 5.63. The maximum Gasteiger partial charge on any atom is 0.176 e. The minimum absolute atomic E-state index is 0.136. The van der Waals surface area contributed by atoms with Crippen LogP contribution < -0.4 is 0 Å². The van der Waals surface area contributed by atoms with Crippen LogP contribution in [0.15, 0.2) is 47.3 Å². The molecule has 1 aromatic heterocycles. The number of benzene rings is 1. The predicted octanol–water partition coefficient (Wildman–Crippen LogP) is 3.20. The van der Waals surface area contributed by atoms with Crippen molar-refractivity contribution in [3.05, 3.63) is 57.6 Å². The van der Waals surface area contributed by atoms with Crippen LogP contribution in [-0.2, 0) is 6.54 Å². The number of halogens is 1. The number of carbonyl (C=O) groups is 1. The lowest BCUT2D eigenvalue weighted by Gasteiger charge is -2.14. The first-order chi connectivity index (χ1) is 8.65. The quantitative estimate of drug-likeness (QED) is 0.610. The average molecular weight is 355 g/mol. The van der Waals surface area contributed by atoms with E-state index in [2.05, 4.69) is 22.6 Å². The standard InChI is InChI=1S/C14H14INO2/c1-16(8-11-6-7-18-10-11)9-14(17)12-2-4-13(15)5-3-12/h2-7,10H,8-9H2,1H3. The van der Waals surface area contributed by atoms with Gasteiger partial charge in [0, 0.05) is 21.2 Å². The van der Waals surface area contributed by atoms with E-state index >= 15 is 0 Å². The van der Waals surface area contributed by atoms with Crippen LogP contribution >= 0.6 is 22.6 Å². The first kappa shape index (κ1) is 13.3. The molecule has 0 aliphatic carbocycles. The third kappa shape index (κ3) is 3.68. The molecular weight excluding hydrogens is 341 g/mol. The molecule has 0 spiro atoms. The Morgan fingerprint density at radius 2 is 2.00 bits per heavy atom. The molecule has 0 radical (unpaired) electrons. The third-order valence-corrected chi connectivity index (χ3v) is 3.33. The van der Waals surface area contributed by atoms with Gasteiger partial charge < -0.3 is 4.42 Å². The van der Waals surface area contributed by atoms with Crippen LogP contribution in [0.25, 0.3) is 0 Å². The minimum Gasteiger partial charge on any atom is -0.472 e. The number of rotatable bonds is 5. The molecule has 4 heteroatoms. The molecule has 0 amide bonds. The highest BCUT2D eigenvalue weighted by Gasteiger charge is 2.10. The summed E-state index contributed by atoms with van der Waals surface area (Å²) in [4.78, 5) is 14.0. The largest absolute Gasteiger partial charge is 0.472 e. The SMILES string of the molecule is CN(CC(=O)c1ccc(I)cc1)Cc1ccoc1. The fourth-order valence-corrected chi connectivity index (χ4v) is 2.08. The summed E-state index contributed by atoms with van der Waals surface area (Å²) >= 11 is 2.23. The van der Waals surface area contributed by atoms with Crippen molar-refractivity contribution in [3.63, 3.8) is 0 Å². The van der Waals surface area contributed by atoms with Crippen LogP contribution in [0.3, 0.4) is 0 Å². The lowest BCUT2D eigenvalue weighted by Crippen LogP contribution is -2.25. The van der Waals surface area contributed by atoms with E-state index in [-0.39, 0.29) is 5.78 Å². The molecule has 0 N–H and O–H groups in total. The minimum atomic E-state index is 0.136. The Balaban J connectivity index is 1.92. The molecule has 3 nitrogen and oxygen atoms in total. The molecule has 2 aromatic rings. The zero-order valence-electron chi connectivity index (χ0n) is 10.1. The second-order valence-corrected chi connectivity index (χ2v) is 5.48. The van der Waals surface area contributed by atoms with Crippen LogP contribution in [-0.4, -0.2) is 24.3 Å². The predicted molar refractivity (Wildman–Crippen MR) is 78.5 cm³/mol. The Labute approximate surface area is 120 Å². The molecule has 94 valence electrons. The van der Waals surface area contributed by atoms with Gasteiger partial charge in [0.05, 0.1) is 19.1 Å². The Kier molecular flexibility index (Phi) is 4.54. The summed E-state index contributed by atoms with van der Waals surface area (Å²) in [5.74, 6) is 0.136. The number of ketones is 1. The molecule has 0 bridgehead atoms. The van der Waals surface area contributed by atoms with Crippen LogP contribution in [0.2, 0.25) is 0 Å². The van der Waals surface area contributed by atoms with Crippen LogP contribution in [0.4, 0.5) is 0 Å². The number of furan rings is 1. The van der Waals surface area contributed by atoms with Gasteiger partial charge in [-0.25, -0.2) is 0 Å². The molecule has 18 heavy (non-hydrogen) atoms. The van der Waals surface area contributed by atoms with Gasteiger partial charge in [-0.3, -0.25) is 9.69 Å². The summed E-state index contributed by atoms with van der Waals surface area (Å²) < 4.78 is 6.14. The first-order valence-corrected chi connectivity index (χ1v) is 6.71. The Hall–Kier alpha value is -1.14. The van der Waals surface area contributed by atoms with Gasteiger partial charge in [-0.05, 0) is 47.8 Å². The summed E-state index contributed by atoms with van der Waals surface area (Å²) in [6.07, 6.45) is 3.34. The normalized spacial score (nSPS) is 10.8. The second-order valence-electron chi connectivity index (χ2n) is 4.23. The molecule has 2 rings (SSSR count). The van der Waals surface area contributed by atoms with Crippen LogP contribution in [0.5, 0.6) is 0 Å². The van der Waals surface area contributed by atoms with Gasteiger partial charge in [0.15, 0.2) is 5.78 Å². The zero-order chi connectivity index (χ0) is 13.0. The highest BCUT2D eigenvalue weighted by Crippen LogP contribution is 2.09. The third-order valence-electron chi connectivity index (χ3n) is 2.61. The van der Waals surface area contributed by atoms with E-state index in [1.807, 2.05) is 42.3 Å². The summed E-state index contributed by atoms with van der Waals surface area (Å²) in [6, 6.07) is 9.55. The lowest BCUT2D eigenvalue weighted by atomic mass is 10.1. The van der Waals surface area contributed by atoms with Crippen LogP contribution in [0, 0.1) is 3.57 Å². The van der Waals surface area contributed by atoms with Crippen molar-refractivity contribution in [1.29, 1.82) is 0 Å². The van der Waals surface area contributed by atoms with Gasteiger partial charge in [-0.2, -0.15) is 0 Å². The zero-order valence-corrected chi connectivity index (χ0v) is 12.3. The Morgan fingerprint density at radius 1 is 1.28 bits per heavy atom. The molecule has 0 fully saturated rings. The summed E-state index contributed by atoms with van der Waals surface area (Å²) in [5.41, 5.74) is 1.84. The van der Waals surface area contributed by atoms with Crippen molar-refractivity contribution in [2.45, 2.75) is 6.54 Å². The second kappa shape index (κ2) is 6.15. The number of carbonyl (C=O) groups excluding carboxylic acids is 1. The van der Waals surface area contributed by atoms with Gasteiger partial charge in [-0.15, -0.1) is 0 Å². The van der Waals surface area contributed by atoms with Crippen molar-refractivity contribution in [2.75, 3.05) is 13.6 Å². The molecule has 0 saturated carbocycles. The molecular formula is C14H14INO2. The van der Waals surface area contributed by atoms with E-state index in [9.17, 15) is 4.79 Å². The number of Topliss-reactive ketones (excluding diaryl/α,β-unsaturated/α-hetero) is 1. The smallest absolute Gasteiger partial charge is 0.176 e. The molecule has 1 aromatic carbocycles. The lowest BCUT2D eigenvalue weighted by molar-refractivity contribution is 0.0943. The van der Waals surface area contributed by atoms with E-state index < -0.39 is 0 Å². The number of nitrogens with zero attached hydrogens (tertiary/aromatic N) is 1. The molecule has 0 aliphatic rings. The van der Waals surface area contributed by atoms with Gasteiger partial charge in [-0.1, -0.05) is 12.1 Å². The molecule has 1 heterocycles. The van der Waals surface area contributed by atoms with Gasteiger partial charge in [0.25, 0.3) is 0 Å². The summed E-state index contributed by atoms with van der Waals surface area (Å²) in [5, 5.41) is 0. The molecule has 0 saturated heterocycles. The van der Waals surface area contributed by atoms with Crippen molar-refractivity contribution < 1.29 is 9.21 Å². The number of hydrogen-bond donors (Lipinski definition) is 0. The monoisotopic (exact) mass is 355 g/mol.